The molecule has 0 saturated heterocycles. The topological polar surface area (TPSA) is 172 Å². The molecule has 14 heteroatoms. The van der Waals surface area contributed by atoms with Crippen LogP contribution in [0.4, 0.5) is 4.70 Å². The fourth-order valence-corrected chi connectivity index (χ4v) is 0. The molecule has 0 aromatic carbocycles. The second kappa shape index (κ2) is 13.7. The molecular weight excluding hydrogens is 236 g/mol. The van der Waals surface area contributed by atoms with Gasteiger partial charge in [-0.2, -0.15) is 15.6 Å². The van der Waals surface area contributed by atoms with Gasteiger partial charge in [0.05, 0.1) is 0 Å². The van der Waals surface area contributed by atoms with E-state index >= 15 is 0 Å². The molecule has 0 unspecified atom stereocenters. The largest absolute Gasteiger partial charge is 2.00 e. The Morgan fingerprint density at radius 2 is 0.571 bits per heavy atom. The minimum absolute atomic E-state index is 0. The zero-order valence-electron chi connectivity index (χ0n) is 6.69. The first-order chi connectivity index (χ1) is 4.00. The van der Waals surface area contributed by atoms with Crippen LogP contribution in [0.15, 0.2) is 0 Å². The van der Waals surface area contributed by atoms with Gasteiger partial charge in [-0.25, -0.2) is 0 Å². The van der Waals surface area contributed by atoms with Crippen LogP contribution >= 0.6 is 15.6 Å². The molecule has 0 radical (unpaired) electrons. The van der Waals surface area contributed by atoms with Crippen LogP contribution in [0.1, 0.15) is 0 Å². The second-order valence-electron chi connectivity index (χ2n) is 0.894. The molecule has 72 valence electrons. The van der Waals surface area contributed by atoms with Crippen molar-refractivity contribution in [2.24, 2.45) is 0 Å². The van der Waals surface area contributed by atoms with E-state index in [1.165, 1.54) is 0 Å². The van der Waals surface area contributed by atoms with Gasteiger partial charge in [0, 0.05) is 0 Å². The van der Waals surface area contributed by atoms with E-state index in [1.807, 2.05) is 0 Å². The van der Waals surface area contributed by atoms with Crippen LogP contribution in [-0.4, -0.2) is 30.4 Å². The van der Waals surface area contributed by atoms with Crippen molar-refractivity contribution in [3.05, 3.63) is 0 Å². The number of halogens is 1. The monoisotopic (exact) mass is 237 g/mol. The van der Waals surface area contributed by atoms with Crippen molar-refractivity contribution >= 4 is 46.0 Å². The van der Waals surface area contributed by atoms with Crippen molar-refractivity contribution in [2.45, 2.75) is 0 Å². The molecule has 0 aromatic rings. The summed E-state index contributed by atoms with van der Waals surface area (Å²) in [6.07, 6.45) is 0. The Kier molecular flexibility index (Phi) is 35.6. The standard InChI is InChI=1S/3Be.FH.2H3O4P/c;;;;2*1-5(2,3)4/h;;;1H;2*(H3,1,2,3,4)/q3*+2;;;/p-6. The molecule has 0 aromatic heterocycles. The molecule has 0 atom stereocenters. The van der Waals surface area contributed by atoms with Gasteiger partial charge in [0.1, 0.15) is 0 Å². The van der Waals surface area contributed by atoms with E-state index in [9.17, 15) is 0 Å². The van der Waals surface area contributed by atoms with Gasteiger partial charge in [0.15, 0.2) is 0 Å². The molecule has 0 bridgehead atoms. The predicted octanol–water partition coefficient (Wildman–Crippen LogP) is -6.64. The van der Waals surface area contributed by atoms with Crippen LogP contribution in [0.3, 0.4) is 0 Å². The molecule has 0 aliphatic rings. The fraction of sp³-hybridized carbons (Fsp3) is 0. The van der Waals surface area contributed by atoms with Gasteiger partial charge in [-0.15, -0.1) is 0 Å². The van der Waals surface area contributed by atoms with Gasteiger partial charge >= 0.3 is 30.4 Å². The van der Waals surface area contributed by atoms with Crippen LogP contribution in [0.25, 0.3) is 0 Å². The summed E-state index contributed by atoms with van der Waals surface area (Å²) in [5.74, 6) is 0. The van der Waals surface area contributed by atoms with E-state index in [4.69, 9.17) is 38.5 Å². The molecule has 0 spiro atoms. The average Bonchev–Trinajstić information content (AvgIpc) is 1.12. The molecule has 0 aliphatic carbocycles. The maximum absolute atomic E-state index is 8.55. The van der Waals surface area contributed by atoms with Crippen LogP contribution in [-0.2, 0) is 9.13 Å². The summed E-state index contributed by atoms with van der Waals surface area (Å²) in [4.78, 5) is 51.3. The fourth-order valence-electron chi connectivity index (χ4n) is 0. The van der Waals surface area contributed by atoms with E-state index in [2.05, 4.69) is 0 Å². The number of rotatable bonds is 0. The third-order valence-corrected chi connectivity index (χ3v) is 0. The van der Waals surface area contributed by atoms with Crippen molar-refractivity contribution in [1.29, 1.82) is 0 Å². The van der Waals surface area contributed by atoms with Crippen molar-refractivity contribution in [3.8, 4) is 0 Å². The summed E-state index contributed by atoms with van der Waals surface area (Å²) in [6, 6.07) is 0. The average molecular weight is 237 g/mol. The number of hydrogen-bond donors (Lipinski definition) is 0. The molecular formula is HBe3FO8P2. The van der Waals surface area contributed by atoms with Crippen molar-refractivity contribution in [1.82, 2.24) is 0 Å². The Morgan fingerprint density at radius 1 is 0.571 bits per heavy atom. The van der Waals surface area contributed by atoms with Crippen molar-refractivity contribution < 1.29 is 43.2 Å². The van der Waals surface area contributed by atoms with Gasteiger partial charge in [-0.05, 0) is 0 Å². The second-order valence-corrected chi connectivity index (χ2v) is 2.68. The molecule has 0 heterocycles. The first kappa shape index (κ1) is 36.5. The summed E-state index contributed by atoms with van der Waals surface area (Å²) < 4.78 is 17.1. The SMILES string of the molecule is F.O=P([O-])([O-])[O-].O=P([O-])([O-])[O-].[Be+2].[Be+2].[Be+2]. The zero-order chi connectivity index (χ0) is 9.00. The maximum Gasteiger partial charge on any atom is 2.00 e. The number of phosphoric acid groups is 2. The van der Waals surface area contributed by atoms with Crippen LogP contribution < -0.4 is 29.4 Å². The van der Waals surface area contributed by atoms with Crippen LogP contribution in [0.2, 0.25) is 0 Å². The molecule has 0 amide bonds. The Balaban J connectivity index is -0.0000000178. The minimum atomic E-state index is -5.39. The van der Waals surface area contributed by atoms with E-state index in [-0.39, 0.29) is 35.1 Å². The molecule has 8 nitrogen and oxygen atoms in total. The molecule has 0 aliphatic heterocycles. The van der Waals surface area contributed by atoms with E-state index in [0.717, 1.165) is 0 Å². The van der Waals surface area contributed by atoms with Crippen molar-refractivity contribution in [3.63, 3.8) is 0 Å². The predicted molar refractivity (Wildman–Crippen MR) is 35.0 cm³/mol. The molecule has 0 saturated carbocycles. The first-order valence-electron chi connectivity index (χ1n) is 1.46. The summed E-state index contributed by atoms with van der Waals surface area (Å²) >= 11 is 0. The third kappa shape index (κ3) is 3990. The van der Waals surface area contributed by atoms with Gasteiger partial charge in [0.2, 0.25) is 0 Å². The Morgan fingerprint density at radius 3 is 0.571 bits per heavy atom. The van der Waals surface area contributed by atoms with Gasteiger partial charge in [-0.1, -0.05) is 0 Å². The van der Waals surface area contributed by atoms with E-state index in [1.54, 1.807) is 0 Å². The molecule has 0 rings (SSSR count). The number of hydrogen-bond acceptors (Lipinski definition) is 8. The van der Waals surface area contributed by atoms with Gasteiger partial charge in [-0.3, -0.25) is 4.70 Å². The smallest absolute Gasteiger partial charge is 0.822 e. The summed E-state index contributed by atoms with van der Waals surface area (Å²) in [5, 5.41) is 0. The quantitative estimate of drug-likeness (QED) is 0.295. The van der Waals surface area contributed by atoms with Crippen LogP contribution in [0, 0.1) is 0 Å². The van der Waals surface area contributed by atoms with Gasteiger partial charge in [0.25, 0.3) is 0 Å². The molecule has 14 heavy (non-hydrogen) atoms. The van der Waals surface area contributed by atoms with E-state index < -0.39 is 15.6 Å². The zero-order valence-corrected chi connectivity index (χ0v) is 8.48. The third-order valence-electron chi connectivity index (χ3n) is 0. The normalized spacial score (nSPS) is 8.43. The first-order valence-corrected chi connectivity index (χ1v) is 4.38. The van der Waals surface area contributed by atoms with Gasteiger partial charge < -0.3 is 38.5 Å². The Labute approximate surface area is 89.9 Å². The summed E-state index contributed by atoms with van der Waals surface area (Å²) in [7, 11) is -10.8. The Hall–Kier alpha value is 0.656. The minimum Gasteiger partial charge on any atom is -0.822 e. The molecule has 0 fully saturated rings. The Bertz CT molecular complexity index is 135. The summed E-state index contributed by atoms with van der Waals surface area (Å²) in [5.41, 5.74) is 0. The maximum atomic E-state index is 8.55. The summed E-state index contributed by atoms with van der Waals surface area (Å²) in [6.45, 7) is 0. The van der Waals surface area contributed by atoms with Crippen molar-refractivity contribution in [2.75, 3.05) is 0 Å². The van der Waals surface area contributed by atoms with E-state index in [0.29, 0.717) is 0 Å². The molecule has 0 N–H and O–H groups in total. The van der Waals surface area contributed by atoms with Crippen LogP contribution in [0.5, 0.6) is 0 Å².